The molecule has 0 spiro atoms. The Morgan fingerprint density at radius 2 is 1.72 bits per heavy atom. The van der Waals surface area contributed by atoms with Crippen LogP contribution in [0.3, 0.4) is 0 Å². The predicted octanol–water partition coefficient (Wildman–Crippen LogP) is 1.69. The molecule has 0 aromatic heterocycles. The Morgan fingerprint density at radius 3 is 2.11 bits per heavy atom. The van der Waals surface area contributed by atoms with Gasteiger partial charge in [0.1, 0.15) is 0 Å². The van der Waals surface area contributed by atoms with E-state index in [1.165, 1.54) is 0 Å². The normalized spacial score (nSPS) is 13.4. The van der Waals surface area contributed by atoms with E-state index in [2.05, 4.69) is 26.1 Å². The minimum Gasteiger partial charge on any atom is -0.355 e. The smallest absolute Gasteiger partial charge is 0.266 e. The van der Waals surface area contributed by atoms with E-state index in [-0.39, 0.29) is 21.9 Å². The molecule has 0 saturated carbocycles. The second-order valence-corrected chi connectivity index (χ2v) is 9.89. The van der Waals surface area contributed by atoms with Crippen LogP contribution in [0, 0.1) is 0 Å². The van der Waals surface area contributed by atoms with E-state index in [9.17, 15) is 13.2 Å². The molecule has 0 fully saturated rings. The molecule has 0 aliphatic carbocycles. The number of carbonyl (C=O) groups is 1. The van der Waals surface area contributed by atoms with Crippen molar-refractivity contribution in [3.8, 4) is 0 Å². The highest BCUT2D eigenvalue weighted by Crippen LogP contribution is 2.38. The van der Waals surface area contributed by atoms with Gasteiger partial charge in [-0.25, -0.2) is 0 Å². The molecule has 0 heterocycles. The van der Waals surface area contributed by atoms with Gasteiger partial charge in [0, 0.05) is 22.5 Å². The molecule has 0 aromatic rings. The summed E-state index contributed by atoms with van der Waals surface area (Å²) in [4.78, 5) is 11.6. The van der Waals surface area contributed by atoms with E-state index < -0.39 is 15.9 Å². The van der Waals surface area contributed by atoms with Crippen LogP contribution in [0.5, 0.6) is 0 Å². The molecule has 1 amide bonds. The molecular weight excluding hydrogens is 274 g/mol. The third-order valence-corrected chi connectivity index (χ3v) is 3.88. The average molecular weight is 297 g/mol. The number of thioether (sulfide) groups is 1. The van der Waals surface area contributed by atoms with Crippen molar-refractivity contribution in [2.45, 2.75) is 50.5 Å². The Balaban J connectivity index is 4.15. The van der Waals surface area contributed by atoms with Gasteiger partial charge in [-0.2, -0.15) is 8.42 Å². The van der Waals surface area contributed by atoms with Gasteiger partial charge in [-0.15, -0.1) is 11.8 Å². The highest BCUT2D eigenvalue weighted by atomic mass is 32.2. The van der Waals surface area contributed by atoms with Crippen LogP contribution in [-0.4, -0.2) is 40.7 Å². The number of rotatable bonds is 6. The minimum absolute atomic E-state index is 0.0538. The fourth-order valence-corrected chi connectivity index (χ4v) is 3.85. The standard InChI is InChI=1S/C11H23NO4S2/c1-10(2,3)17-11(4,5)8-9(13)12-6-7-18(14,15)16/h6-8H2,1-5H3,(H,12,13)(H,14,15,16). The number of carbonyl (C=O) groups excluding carboxylic acids is 1. The number of amides is 1. The summed E-state index contributed by atoms with van der Waals surface area (Å²) in [6, 6.07) is 0. The Morgan fingerprint density at radius 1 is 1.22 bits per heavy atom. The van der Waals surface area contributed by atoms with E-state index >= 15 is 0 Å². The summed E-state index contributed by atoms with van der Waals surface area (Å²) in [6.45, 7) is 10.1. The summed E-state index contributed by atoms with van der Waals surface area (Å²) in [7, 11) is -4.01. The summed E-state index contributed by atoms with van der Waals surface area (Å²) in [5.41, 5.74) is 0. The van der Waals surface area contributed by atoms with Crippen LogP contribution in [0.2, 0.25) is 0 Å². The van der Waals surface area contributed by atoms with Gasteiger partial charge < -0.3 is 5.32 Å². The van der Waals surface area contributed by atoms with Crippen molar-refractivity contribution < 1.29 is 17.8 Å². The van der Waals surface area contributed by atoms with Gasteiger partial charge >= 0.3 is 0 Å². The molecule has 0 radical (unpaired) electrons. The monoisotopic (exact) mass is 297 g/mol. The predicted molar refractivity (Wildman–Crippen MR) is 75.5 cm³/mol. The van der Waals surface area contributed by atoms with E-state index in [0.29, 0.717) is 6.42 Å². The van der Waals surface area contributed by atoms with Gasteiger partial charge in [-0.3, -0.25) is 9.35 Å². The minimum atomic E-state index is -4.01. The maximum atomic E-state index is 11.6. The second-order valence-electron chi connectivity index (χ2n) is 5.79. The van der Waals surface area contributed by atoms with Gasteiger partial charge in [-0.1, -0.05) is 34.6 Å². The summed E-state index contributed by atoms with van der Waals surface area (Å²) < 4.78 is 29.3. The van der Waals surface area contributed by atoms with Crippen molar-refractivity contribution in [2.75, 3.05) is 12.3 Å². The molecule has 0 atom stereocenters. The Labute approximate surface area is 114 Å². The highest BCUT2D eigenvalue weighted by Gasteiger charge is 2.28. The van der Waals surface area contributed by atoms with Crippen LogP contribution in [0.15, 0.2) is 0 Å². The summed E-state index contributed by atoms with van der Waals surface area (Å²) in [5.74, 6) is -0.661. The van der Waals surface area contributed by atoms with Crippen molar-refractivity contribution in [1.82, 2.24) is 5.32 Å². The maximum absolute atomic E-state index is 11.6. The third-order valence-electron chi connectivity index (χ3n) is 1.85. The number of hydrogen-bond acceptors (Lipinski definition) is 4. The zero-order chi connectivity index (χ0) is 14.6. The summed E-state index contributed by atoms with van der Waals surface area (Å²) in [5, 5.41) is 2.49. The van der Waals surface area contributed by atoms with E-state index in [4.69, 9.17) is 4.55 Å². The van der Waals surface area contributed by atoms with Crippen LogP contribution in [0.4, 0.5) is 0 Å². The zero-order valence-electron chi connectivity index (χ0n) is 11.6. The molecule has 0 aliphatic rings. The quantitative estimate of drug-likeness (QED) is 0.729. The molecule has 0 bridgehead atoms. The highest BCUT2D eigenvalue weighted by molar-refractivity contribution is 8.01. The molecule has 7 heteroatoms. The van der Waals surface area contributed by atoms with Gasteiger partial charge in [0.2, 0.25) is 5.91 Å². The van der Waals surface area contributed by atoms with Crippen LogP contribution < -0.4 is 5.32 Å². The number of hydrogen-bond donors (Lipinski definition) is 2. The van der Waals surface area contributed by atoms with Gasteiger partial charge in [0.25, 0.3) is 10.1 Å². The van der Waals surface area contributed by atoms with Crippen molar-refractivity contribution in [3.63, 3.8) is 0 Å². The Kier molecular flexibility index (Phi) is 6.16. The lowest BCUT2D eigenvalue weighted by atomic mass is 10.1. The summed E-state index contributed by atoms with van der Waals surface area (Å²) in [6.07, 6.45) is 0.306. The van der Waals surface area contributed by atoms with Crippen molar-refractivity contribution in [2.24, 2.45) is 0 Å². The molecule has 18 heavy (non-hydrogen) atoms. The molecule has 0 unspecified atom stereocenters. The van der Waals surface area contributed by atoms with Crippen LogP contribution in [-0.2, 0) is 14.9 Å². The first-order valence-electron chi connectivity index (χ1n) is 5.73. The lowest BCUT2D eigenvalue weighted by Crippen LogP contribution is -2.35. The fourth-order valence-electron chi connectivity index (χ4n) is 1.63. The molecule has 0 rings (SSSR count). The summed E-state index contributed by atoms with van der Waals surface area (Å²) >= 11 is 1.70. The van der Waals surface area contributed by atoms with E-state index in [0.717, 1.165) is 0 Å². The first-order chi connectivity index (χ1) is 7.81. The first kappa shape index (κ1) is 17.7. The zero-order valence-corrected chi connectivity index (χ0v) is 13.2. The molecule has 0 aromatic carbocycles. The lowest BCUT2D eigenvalue weighted by molar-refractivity contribution is -0.121. The molecule has 108 valence electrons. The van der Waals surface area contributed by atoms with Crippen molar-refractivity contribution >= 4 is 27.8 Å². The lowest BCUT2D eigenvalue weighted by Gasteiger charge is -2.31. The van der Waals surface area contributed by atoms with Crippen LogP contribution in [0.25, 0.3) is 0 Å². The van der Waals surface area contributed by atoms with E-state index in [1.54, 1.807) is 11.8 Å². The largest absolute Gasteiger partial charge is 0.355 e. The van der Waals surface area contributed by atoms with Gasteiger partial charge in [-0.05, 0) is 0 Å². The van der Waals surface area contributed by atoms with Gasteiger partial charge in [0.05, 0.1) is 5.75 Å². The average Bonchev–Trinajstić information content (AvgIpc) is 1.93. The third kappa shape index (κ3) is 10.9. The topological polar surface area (TPSA) is 83.5 Å². The molecule has 0 saturated heterocycles. The molecular formula is C11H23NO4S2. The van der Waals surface area contributed by atoms with Crippen LogP contribution in [0.1, 0.15) is 41.0 Å². The molecule has 0 aliphatic heterocycles. The Bertz CT molecular complexity index is 382. The van der Waals surface area contributed by atoms with E-state index in [1.807, 2.05) is 13.8 Å². The molecule has 2 N–H and O–H groups in total. The second kappa shape index (κ2) is 6.25. The number of nitrogens with one attached hydrogen (secondary N) is 1. The fraction of sp³-hybridized carbons (Fsp3) is 0.909. The first-order valence-corrected chi connectivity index (χ1v) is 8.15. The van der Waals surface area contributed by atoms with Crippen molar-refractivity contribution in [1.29, 1.82) is 0 Å². The molecule has 5 nitrogen and oxygen atoms in total. The Hall–Kier alpha value is -0.270. The van der Waals surface area contributed by atoms with Crippen molar-refractivity contribution in [3.05, 3.63) is 0 Å². The van der Waals surface area contributed by atoms with Gasteiger partial charge in [0.15, 0.2) is 0 Å². The SMILES string of the molecule is CC(C)(C)SC(C)(C)CC(=O)NCCS(=O)(=O)O. The maximum Gasteiger partial charge on any atom is 0.266 e. The van der Waals surface area contributed by atoms with Crippen LogP contribution >= 0.6 is 11.8 Å².